The number of carbonyl (C=O) groups is 1. The van der Waals surface area contributed by atoms with Crippen molar-refractivity contribution in [3.8, 4) is 0 Å². The van der Waals surface area contributed by atoms with E-state index in [1.165, 1.54) is 19.1 Å². The van der Waals surface area contributed by atoms with E-state index in [4.69, 9.17) is 0 Å². The molecule has 1 nitrogen and oxygen atoms in total. The molecule has 1 heteroatoms. The molecule has 0 spiro atoms. The lowest BCUT2D eigenvalue weighted by molar-refractivity contribution is -0.369. The van der Waals surface area contributed by atoms with E-state index in [-0.39, 0.29) is 0 Å². The molecule has 5 fully saturated rings. The maximum Gasteiger partial charge on any atom is 0.123 e. The molecule has 9 atom stereocenters. The maximum atomic E-state index is 10.8. The van der Waals surface area contributed by atoms with Gasteiger partial charge in [-0.25, -0.2) is 0 Å². The van der Waals surface area contributed by atoms with Crippen LogP contribution in [0.25, 0.3) is 0 Å². The summed E-state index contributed by atoms with van der Waals surface area (Å²) in [6.45, 7) is 0. The highest BCUT2D eigenvalue weighted by Gasteiger charge is 2.79. The first kappa shape index (κ1) is 7.03. The average Bonchev–Trinajstić information content (AvgIpc) is 2.13. The molecule has 5 rings (SSSR count). The van der Waals surface area contributed by atoms with Gasteiger partial charge in [-0.3, -0.25) is 0 Å². The lowest BCUT2D eigenvalue weighted by Gasteiger charge is -2.84. The number of hydrogen-bond acceptors (Lipinski definition) is 1. The van der Waals surface area contributed by atoms with E-state index in [0.29, 0.717) is 5.92 Å². The van der Waals surface area contributed by atoms with Gasteiger partial charge in [0.15, 0.2) is 0 Å². The van der Waals surface area contributed by atoms with Gasteiger partial charge in [0.25, 0.3) is 0 Å². The summed E-state index contributed by atoms with van der Waals surface area (Å²) < 4.78 is 0. The van der Waals surface area contributed by atoms with Gasteiger partial charge < -0.3 is 4.79 Å². The van der Waals surface area contributed by atoms with Crippen molar-refractivity contribution in [3.63, 3.8) is 0 Å². The molecule has 14 heavy (non-hydrogen) atoms. The Balaban J connectivity index is 1.45. The van der Waals surface area contributed by atoms with Crippen LogP contribution in [0.15, 0.2) is 0 Å². The monoisotopic (exact) mass is 188 g/mol. The molecule has 0 unspecified atom stereocenters. The van der Waals surface area contributed by atoms with Gasteiger partial charge in [0.05, 0.1) is 0 Å². The molecule has 0 bridgehead atoms. The second-order valence-corrected chi connectivity index (χ2v) is 6.49. The molecule has 0 aromatic carbocycles. The summed E-state index contributed by atoms with van der Waals surface area (Å²) in [5.74, 6) is 9.10. The molecule has 0 N–H and O–H groups in total. The highest BCUT2D eigenvalue weighted by molar-refractivity contribution is 5.58. The van der Waals surface area contributed by atoms with Crippen LogP contribution in [0.1, 0.15) is 19.3 Å². The number of hydrogen-bond donors (Lipinski definition) is 0. The molecule has 0 aromatic rings. The van der Waals surface area contributed by atoms with Gasteiger partial charge >= 0.3 is 0 Å². The van der Waals surface area contributed by atoms with Crippen LogP contribution >= 0.6 is 0 Å². The first-order valence-corrected chi connectivity index (χ1v) is 6.37. The third-order valence-corrected chi connectivity index (χ3v) is 6.80. The second kappa shape index (κ2) is 1.83. The minimum Gasteiger partial charge on any atom is -0.303 e. The van der Waals surface area contributed by atoms with Crippen molar-refractivity contribution in [1.29, 1.82) is 0 Å². The van der Waals surface area contributed by atoms with Gasteiger partial charge in [-0.15, -0.1) is 0 Å². The Labute approximate surface area is 84.3 Å². The second-order valence-electron chi connectivity index (χ2n) is 6.49. The SMILES string of the molecule is O=C[C@H]1C[C@@H]2[C@H]3[C@@H]4[C@H]5CC[C@H]5[C@@H]4[C@H]3[C@@H]21. The van der Waals surface area contributed by atoms with Crippen LogP contribution in [-0.4, -0.2) is 6.29 Å². The summed E-state index contributed by atoms with van der Waals surface area (Å²) in [4.78, 5) is 10.8. The quantitative estimate of drug-likeness (QED) is 0.454. The largest absolute Gasteiger partial charge is 0.303 e. The summed E-state index contributed by atoms with van der Waals surface area (Å²) in [5.41, 5.74) is 0. The summed E-state index contributed by atoms with van der Waals surface area (Å²) in [5, 5.41) is 0. The fraction of sp³-hybridized carbons (Fsp3) is 0.923. The van der Waals surface area contributed by atoms with E-state index >= 15 is 0 Å². The molecular weight excluding hydrogens is 172 g/mol. The Kier molecular flexibility index (Phi) is 0.921. The minimum atomic E-state index is 0.487. The first-order valence-electron chi connectivity index (χ1n) is 6.37. The van der Waals surface area contributed by atoms with Gasteiger partial charge in [0, 0.05) is 5.92 Å². The Morgan fingerprint density at radius 3 is 2.07 bits per heavy atom. The lowest BCUT2D eigenvalue weighted by atomic mass is 9.20. The van der Waals surface area contributed by atoms with E-state index in [1.54, 1.807) is 6.42 Å². The Hall–Kier alpha value is -0.330. The van der Waals surface area contributed by atoms with Gasteiger partial charge in [-0.05, 0) is 66.6 Å². The van der Waals surface area contributed by atoms with Crippen LogP contribution in [-0.2, 0) is 4.79 Å². The molecule has 0 radical (unpaired) electrons. The lowest BCUT2D eigenvalue weighted by Crippen LogP contribution is -2.80. The summed E-state index contributed by atoms with van der Waals surface area (Å²) >= 11 is 0. The fourth-order valence-electron chi connectivity index (χ4n) is 6.20. The number of rotatable bonds is 1. The zero-order valence-corrected chi connectivity index (χ0v) is 8.30. The molecule has 0 aromatic heterocycles. The van der Waals surface area contributed by atoms with Crippen molar-refractivity contribution < 1.29 is 4.79 Å². The van der Waals surface area contributed by atoms with Crippen LogP contribution in [0.4, 0.5) is 0 Å². The first-order chi connectivity index (χ1) is 6.92. The average molecular weight is 188 g/mol. The van der Waals surface area contributed by atoms with Gasteiger partial charge in [0.2, 0.25) is 0 Å². The standard InChI is InChI=1S/C13H16O/c14-4-5-3-8-9(5)13-11-7-2-1-6(7)10(11)12(8)13/h4-13H,1-3H2/t5-,6+,7-,8+,9-,10-,11+,12+,13-/m1/s1. The number of aldehydes is 1. The molecule has 0 amide bonds. The highest BCUT2D eigenvalue weighted by atomic mass is 16.1. The molecule has 5 aliphatic carbocycles. The van der Waals surface area contributed by atoms with E-state index in [9.17, 15) is 4.79 Å². The number of carbonyl (C=O) groups excluding carboxylic acids is 1. The normalized spacial score (nSPS) is 75.3. The molecule has 0 heterocycles. The van der Waals surface area contributed by atoms with Crippen molar-refractivity contribution in [1.82, 2.24) is 0 Å². The zero-order chi connectivity index (χ0) is 9.02. The van der Waals surface area contributed by atoms with Crippen LogP contribution in [0.2, 0.25) is 0 Å². The Morgan fingerprint density at radius 1 is 0.786 bits per heavy atom. The third kappa shape index (κ3) is 0.445. The Bertz CT molecular complexity index is 330. The van der Waals surface area contributed by atoms with Gasteiger partial charge in [-0.1, -0.05) is 0 Å². The van der Waals surface area contributed by atoms with Gasteiger partial charge in [-0.2, -0.15) is 0 Å². The van der Waals surface area contributed by atoms with Crippen LogP contribution in [0.5, 0.6) is 0 Å². The van der Waals surface area contributed by atoms with Crippen LogP contribution in [0, 0.1) is 53.3 Å². The molecule has 0 aliphatic heterocycles. The van der Waals surface area contributed by atoms with E-state index in [1.807, 2.05) is 0 Å². The summed E-state index contributed by atoms with van der Waals surface area (Å²) in [6.07, 6.45) is 5.58. The zero-order valence-electron chi connectivity index (χ0n) is 8.30. The van der Waals surface area contributed by atoms with E-state index in [2.05, 4.69) is 0 Å². The van der Waals surface area contributed by atoms with E-state index in [0.717, 1.165) is 47.3 Å². The molecule has 5 saturated carbocycles. The van der Waals surface area contributed by atoms with Crippen molar-refractivity contribution in [2.75, 3.05) is 0 Å². The van der Waals surface area contributed by atoms with Crippen LogP contribution in [0.3, 0.4) is 0 Å². The third-order valence-electron chi connectivity index (χ3n) is 6.80. The Morgan fingerprint density at radius 2 is 1.43 bits per heavy atom. The van der Waals surface area contributed by atoms with Crippen LogP contribution < -0.4 is 0 Å². The highest BCUT2D eigenvalue weighted by Crippen LogP contribution is 2.83. The summed E-state index contributed by atoms with van der Waals surface area (Å²) in [7, 11) is 0. The smallest absolute Gasteiger partial charge is 0.123 e. The van der Waals surface area contributed by atoms with Crippen molar-refractivity contribution in [2.24, 2.45) is 53.3 Å². The van der Waals surface area contributed by atoms with E-state index < -0.39 is 0 Å². The predicted molar refractivity (Wildman–Crippen MR) is 51.3 cm³/mol. The molecule has 74 valence electrons. The number of fused-ring (bicyclic) bond motifs is 10. The summed E-state index contributed by atoms with van der Waals surface area (Å²) in [6, 6.07) is 0. The maximum absolute atomic E-state index is 10.8. The topological polar surface area (TPSA) is 17.1 Å². The van der Waals surface area contributed by atoms with Crippen molar-refractivity contribution in [3.05, 3.63) is 0 Å². The van der Waals surface area contributed by atoms with Gasteiger partial charge in [0.1, 0.15) is 6.29 Å². The molecular formula is C13H16O. The molecule has 0 saturated heterocycles. The minimum absolute atomic E-state index is 0.487. The van der Waals surface area contributed by atoms with Crippen molar-refractivity contribution >= 4 is 6.29 Å². The molecule has 5 aliphatic rings. The fourth-order valence-corrected chi connectivity index (χ4v) is 6.20. The van der Waals surface area contributed by atoms with Crippen molar-refractivity contribution in [2.45, 2.75) is 19.3 Å². The predicted octanol–water partition coefficient (Wildman–Crippen LogP) is 1.97.